The Morgan fingerprint density at radius 2 is 2.07 bits per heavy atom. The smallest absolute Gasteiger partial charge is 0.107 e. The highest BCUT2D eigenvalue weighted by Gasteiger charge is 2.20. The van der Waals surface area contributed by atoms with Gasteiger partial charge < -0.3 is 9.84 Å². The van der Waals surface area contributed by atoms with Gasteiger partial charge in [0.1, 0.15) is 6.10 Å². The Hall–Kier alpha value is -0.280. The minimum absolute atomic E-state index is 0.247. The van der Waals surface area contributed by atoms with Crippen molar-refractivity contribution >= 4 is 23.2 Å². The zero-order valence-electron chi connectivity index (χ0n) is 8.71. The first-order valence-corrected chi connectivity index (χ1v) is 5.51. The molecular formula is C11H14Cl2O2. The van der Waals surface area contributed by atoms with E-state index >= 15 is 0 Å². The van der Waals surface area contributed by atoms with Crippen LogP contribution in [0.3, 0.4) is 0 Å². The maximum absolute atomic E-state index is 10.00. The fourth-order valence-electron chi connectivity index (χ4n) is 1.46. The molecule has 0 fully saturated rings. The van der Waals surface area contributed by atoms with Gasteiger partial charge >= 0.3 is 0 Å². The molecule has 0 aromatic heterocycles. The van der Waals surface area contributed by atoms with Crippen molar-refractivity contribution in [2.45, 2.75) is 25.6 Å². The maximum atomic E-state index is 10.00. The minimum Gasteiger partial charge on any atom is -0.386 e. The van der Waals surface area contributed by atoms with E-state index in [1.165, 1.54) is 0 Å². The monoisotopic (exact) mass is 248 g/mol. The Morgan fingerprint density at radius 1 is 1.40 bits per heavy atom. The molecule has 0 spiro atoms. The third-order valence-corrected chi connectivity index (χ3v) is 2.90. The van der Waals surface area contributed by atoms with Crippen LogP contribution in [-0.4, -0.2) is 18.3 Å². The van der Waals surface area contributed by atoms with Crippen molar-refractivity contribution < 1.29 is 9.84 Å². The number of benzene rings is 1. The Morgan fingerprint density at radius 3 is 2.53 bits per heavy atom. The molecule has 0 aliphatic heterocycles. The standard InChI is InChI=1S/C11H14Cl2O2/c1-3-10(15-2)11(14)8-5-4-7(12)6-9(8)13/h4-6,10-11,14H,3H2,1-2H3. The summed E-state index contributed by atoms with van der Waals surface area (Å²) in [5, 5.41) is 11.0. The molecular weight excluding hydrogens is 235 g/mol. The first kappa shape index (κ1) is 12.8. The van der Waals surface area contributed by atoms with Gasteiger partial charge in [-0.3, -0.25) is 0 Å². The van der Waals surface area contributed by atoms with E-state index in [-0.39, 0.29) is 6.10 Å². The van der Waals surface area contributed by atoms with Crippen molar-refractivity contribution in [2.75, 3.05) is 7.11 Å². The van der Waals surface area contributed by atoms with E-state index in [1.807, 2.05) is 6.92 Å². The topological polar surface area (TPSA) is 29.5 Å². The van der Waals surface area contributed by atoms with Crippen LogP contribution in [0.25, 0.3) is 0 Å². The van der Waals surface area contributed by atoms with Gasteiger partial charge in [0.15, 0.2) is 0 Å². The Bertz CT molecular complexity index is 324. The Balaban J connectivity index is 2.94. The van der Waals surface area contributed by atoms with Gasteiger partial charge in [-0.1, -0.05) is 36.2 Å². The van der Waals surface area contributed by atoms with E-state index in [0.29, 0.717) is 15.6 Å². The van der Waals surface area contributed by atoms with Gasteiger partial charge in [0.25, 0.3) is 0 Å². The normalized spacial score (nSPS) is 15.0. The predicted molar refractivity (Wildman–Crippen MR) is 62.5 cm³/mol. The number of methoxy groups -OCH3 is 1. The second-order valence-electron chi connectivity index (χ2n) is 3.29. The summed E-state index contributed by atoms with van der Waals surface area (Å²) in [7, 11) is 1.57. The van der Waals surface area contributed by atoms with Crippen LogP contribution in [0, 0.1) is 0 Å². The molecule has 0 saturated heterocycles. The lowest BCUT2D eigenvalue weighted by atomic mass is 10.0. The van der Waals surface area contributed by atoms with Gasteiger partial charge in [0.05, 0.1) is 6.10 Å². The summed E-state index contributed by atoms with van der Waals surface area (Å²) in [6.07, 6.45) is -0.246. The van der Waals surface area contributed by atoms with E-state index in [4.69, 9.17) is 27.9 Å². The predicted octanol–water partition coefficient (Wildman–Crippen LogP) is 3.45. The van der Waals surface area contributed by atoms with Gasteiger partial charge in [-0.2, -0.15) is 0 Å². The average molecular weight is 249 g/mol. The van der Waals surface area contributed by atoms with Gasteiger partial charge in [-0.15, -0.1) is 0 Å². The van der Waals surface area contributed by atoms with Gasteiger partial charge in [-0.05, 0) is 18.6 Å². The number of halogens is 2. The summed E-state index contributed by atoms with van der Waals surface area (Å²) >= 11 is 11.8. The van der Waals surface area contributed by atoms with E-state index in [1.54, 1.807) is 25.3 Å². The van der Waals surface area contributed by atoms with E-state index in [0.717, 1.165) is 6.42 Å². The van der Waals surface area contributed by atoms with Crippen LogP contribution in [0.4, 0.5) is 0 Å². The van der Waals surface area contributed by atoms with Crippen LogP contribution < -0.4 is 0 Å². The second kappa shape index (κ2) is 5.71. The molecule has 0 bridgehead atoms. The first-order valence-electron chi connectivity index (χ1n) is 4.76. The van der Waals surface area contributed by atoms with E-state index < -0.39 is 6.10 Å². The van der Waals surface area contributed by atoms with Gasteiger partial charge in [-0.25, -0.2) is 0 Å². The Kier molecular flexibility index (Phi) is 4.87. The highest BCUT2D eigenvalue weighted by Crippen LogP contribution is 2.29. The summed E-state index contributed by atoms with van der Waals surface area (Å²) in [4.78, 5) is 0. The number of hydrogen-bond donors (Lipinski definition) is 1. The van der Waals surface area contributed by atoms with Crippen molar-refractivity contribution in [1.82, 2.24) is 0 Å². The SMILES string of the molecule is CCC(OC)C(O)c1ccc(Cl)cc1Cl. The third kappa shape index (κ3) is 3.08. The van der Waals surface area contributed by atoms with Crippen LogP contribution in [0.15, 0.2) is 18.2 Å². The number of aliphatic hydroxyl groups is 1. The zero-order valence-corrected chi connectivity index (χ0v) is 10.2. The molecule has 0 heterocycles. The molecule has 0 amide bonds. The molecule has 2 atom stereocenters. The molecule has 0 radical (unpaired) electrons. The van der Waals surface area contributed by atoms with Gasteiger partial charge in [0, 0.05) is 22.7 Å². The van der Waals surface area contributed by atoms with Crippen LogP contribution >= 0.6 is 23.2 Å². The quantitative estimate of drug-likeness (QED) is 0.885. The number of ether oxygens (including phenoxy) is 1. The fraction of sp³-hybridized carbons (Fsp3) is 0.455. The van der Waals surface area contributed by atoms with Crippen molar-refractivity contribution in [3.05, 3.63) is 33.8 Å². The lowest BCUT2D eigenvalue weighted by Crippen LogP contribution is -2.20. The van der Waals surface area contributed by atoms with Gasteiger partial charge in [0.2, 0.25) is 0 Å². The number of hydrogen-bond acceptors (Lipinski definition) is 2. The molecule has 84 valence electrons. The number of rotatable bonds is 4. The van der Waals surface area contributed by atoms with Crippen LogP contribution in [-0.2, 0) is 4.74 Å². The molecule has 4 heteroatoms. The van der Waals surface area contributed by atoms with Crippen LogP contribution in [0.2, 0.25) is 10.0 Å². The van der Waals surface area contributed by atoms with Crippen molar-refractivity contribution in [3.8, 4) is 0 Å². The van der Waals surface area contributed by atoms with Crippen LogP contribution in [0.1, 0.15) is 25.0 Å². The van der Waals surface area contributed by atoms with E-state index in [9.17, 15) is 5.11 Å². The zero-order chi connectivity index (χ0) is 11.4. The molecule has 1 aromatic rings. The number of aliphatic hydroxyl groups excluding tert-OH is 1. The maximum Gasteiger partial charge on any atom is 0.107 e. The summed E-state index contributed by atoms with van der Waals surface area (Å²) in [6, 6.07) is 5.04. The highest BCUT2D eigenvalue weighted by atomic mass is 35.5. The van der Waals surface area contributed by atoms with Crippen molar-refractivity contribution in [2.24, 2.45) is 0 Å². The molecule has 1 N–H and O–H groups in total. The lowest BCUT2D eigenvalue weighted by Gasteiger charge is -2.21. The molecule has 0 aliphatic carbocycles. The third-order valence-electron chi connectivity index (χ3n) is 2.34. The van der Waals surface area contributed by atoms with Crippen molar-refractivity contribution in [1.29, 1.82) is 0 Å². The summed E-state index contributed by atoms with van der Waals surface area (Å²) in [6.45, 7) is 1.95. The molecule has 1 aromatic carbocycles. The molecule has 15 heavy (non-hydrogen) atoms. The van der Waals surface area contributed by atoms with Crippen molar-refractivity contribution in [3.63, 3.8) is 0 Å². The van der Waals surface area contributed by atoms with E-state index in [2.05, 4.69) is 0 Å². The largest absolute Gasteiger partial charge is 0.386 e. The summed E-state index contributed by atoms with van der Waals surface area (Å²) in [5.74, 6) is 0. The minimum atomic E-state index is -0.718. The highest BCUT2D eigenvalue weighted by molar-refractivity contribution is 6.35. The fourth-order valence-corrected chi connectivity index (χ4v) is 1.98. The second-order valence-corrected chi connectivity index (χ2v) is 4.14. The lowest BCUT2D eigenvalue weighted by molar-refractivity contribution is -0.0148. The average Bonchev–Trinajstić information content (AvgIpc) is 2.19. The summed E-state index contributed by atoms with van der Waals surface area (Å²) < 4.78 is 5.16. The van der Waals surface area contributed by atoms with Crippen LogP contribution in [0.5, 0.6) is 0 Å². The summed E-state index contributed by atoms with van der Waals surface area (Å²) in [5.41, 5.74) is 0.648. The first-order chi connectivity index (χ1) is 7.10. The Labute approximate surface area is 99.8 Å². The molecule has 0 saturated carbocycles. The molecule has 1 rings (SSSR count). The molecule has 0 aliphatic rings. The molecule has 2 unspecified atom stereocenters. The molecule has 2 nitrogen and oxygen atoms in total.